The molecule has 0 aliphatic heterocycles. The number of furan rings is 1. The number of anilines is 1. The predicted molar refractivity (Wildman–Crippen MR) is 123 cm³/mol. The van der Waals surface area contributed by atoms with Crippen molar-refractivity contribution in [1.29, 1.82) is 0 Å². The number of ketones is 2. The first-order chi connectivity index (χ1) is 16.0. The van der Waals surface area contributed by atoms with Crippen LogP contribution in [-0.2, 0) is 0 Å². The Morgan fingerprint density at radius 1 is 1.00 bits per heavy atom. The second-order valence-corrected chi connectivity index (χ2v) is 7.17. The summed E-state index contributed by atoms with van der Waals surface area (Å²) in [7, 11) is 0. The summed E-state index contributed by atoms with van der Waals surface area (Å²) in [5, 5.41) is 14.7. The molecule has 8 heteroatoms. The number of para-hydroxylation sites is 1. The molecule has 0 fully saturated rings. The molecule has 0 spiro atoms. The number of Topliss-reactive ketones (excluding diaryl/α,β-unsaturated/α-hetero) is 1. The maximum atomic E-state index is 13.2. The van der Waals surface area contributed by atoms with E-state index in [2.05, 4.69) is 5.32 Å². The van der Waals surface area contributed by atoms with Gasteiger partial charge in [-0.3, -0.25) is 19.7 Å². The van der Waals surface area contributed by atoms with Gasteiger partial charge in [0.15, 0.2) is 11.5 Å². The monoisotopic (exact) mass is 444 g/mol. The Morgan fingerprint density at radius 3 is 2.48 bits per heavy atom. The lowest BCUT2D eigenvalue weighted by molar-refractivity contribution is -0.384. The number of hydrogen-bond donors (Lipinski definition) is 1. The zero-order chi connectivity index (χ0) is 23.4. The summed E-state index contributed by atoms with van der Waals surface area (Å²) in [6.45, 7) is 2.22. The van der Waals surface area contributed by atoms with Crippen molar-refractivity contribution in [2.24, 2.45) is 0 Å². The Hall–Kier alpha value is -4.46. The van der Waals surface area contributed by atoms with E-state index in [-0.39, 0.29) is 35.1 Å². The highest BCUT2D eigenvalue weighted by Gasteiger charge is 2.23. The molecule has 4 rings (SSSR count). The zero-order valence-corrected chi connectivity index (χ0v) is 17.7. The summed E-state index contributed by atoms with van der Waals surface area (Å²) in [5.74, 6) is 0.0229. The Bertz CT molecular complexity index is 1340. The molecule has 0 saturated heterocycles. The van der Waals surface area contributed by atoms with Gasteiger partial charge in [-0.15, -0.1) is 0 Å². The smallest absolute Gasteiger partial charge is 0.270 e. The van der Waals surface area contributed by atoms with Crippen molar-refractivity contribution < 1.29 is 23.7 Å². The van der Waals surface area contributed by atoms with Crippen molar-refractivity contribution in [3.05, 3.63) is 99.8 Å². The van der Waals surface area contributed by atoms with Crippen LogP contribution in [0.4, 0.5) is 11.4 Å². The van der Waals surface area contributed by atoms with Gasteiger partial charge in [-0.1, -0.05) is 24.3 Å². The molecule has 0 saturated carbocycles. The van der Waals surface area contributed by atoms with Crippen LogP contribution < -0.4 is 10.1 Å². The van der Waals surface area contributed by atoms with E-state index in [1.165, 1.54) is 24.3 Å². The first-order valence-corrected chi connectivity index (χ1v) is 10.3. The van der Waals surface area contributed by atoms with Crippen molar-refractivity contribution in [3.63, 3.8) is 0 Å². The molecule has 0 aliphatic rings. The summed E-state index contributed by atoms with van der Waals surface area (Å²) in [6.07, 6.45) is 0. The number of benzene rings is 3. The van der Waals surface area contributed by atoms with Crippen molar-refractivity contribution in [3.8, 4) is 5.75 Å². The Morgan fingerprint density at radius 2 is 1.76 bits per heavy atom. The number of ether oxygens (including phenoxy) is 1. The molecular weight excluding hydrogens is 424 g/mol. The predicted octanol–water partition coefficient (Wildman–Crippen LogP) is 5.27. The minimum Gasteiger partial charge on any atom is -0.494 e. The van der Waals surface area contributed by atoms with Gasteiger partial charge in [0, 0.05) is 28.6 Å². The van der Waals surface area contributed by atoms with Crippen LogP contribution >= 0.6 is 0 Å². The molecule has 1 aromatic heterocycles. The molecule has 3 aromatic carbocycles. The van der Waals surface area contributed by atoms with Crippen LogP contribution in [0.25, 0.3) is 11.0 Å². The molecule has 0 atom stereocenters. The molecule has 0 bridgehead atoms. The molecule has 0 unspecified atom stereocenters. The molecule has 0 radical (unpaired) electrons. The van der Waals surface area contributed by atoms with E-state index in [4.69, 9.17) is 9.15 Å². The largest absolute Gasteiger partial charge is 0.494 e. The second kappa shape index (κ2) is 9.35. The SMILES string of the molecule is CCOc1ccc(C(=O)c2oc3ccccc3c2NCC(=O)c2cccc([N+](=O)[O-])c2)cc1. The number of non-ortho nitro benzene ring substituents is 1. The molecule has 0 amide bonds. The highest BCUT2D eigenvalue weighted by molar-refractivity contribution is 6.15. The lowest BCUT2D eigenvalue weighted by Crippen LogP contribution is -2.15. The van der Waals surface area contributed by atoms with Crippen LogP contribution in [0.3, 0.4) is 0 Å². The molecular formula is C25H20N2O6. The van der Waals surface area contributed by atoms with E-state index < -0.39 is 4.92 Å². The number of nitro groups is 1. The van der Waals surface area contributed by atoms with Gasteiger partial charge in [0.25, 0.3) is 5.69 Å². The van der Waals surface area contributed by atoms with Gasteiger partial charge in [-0.05, 0) is 43.3 Å². The summed E-state index contributed by atoms with van der Waals surface area (Å²) in [6, 6.07) is 19.3. The summed E-state index contributed by atoms with van der Waals surface area (Å²) >= 11 is 0. The number of hydrogen-bond acceptors (Lipinski definition) is 7. The fraction of sp³-hybridized carbons (Fsp3) is 0.120. The molecule has 1 heterocycles. The van der Waals surface area contributed by atoms with Gasteiger partial charge in [0.1, 0.15) is 11.3 Å². The average molecular weight is 444 g/mol. The summed E-state index contributed by atoms with van der Waals surface area (Å²) < 4.78 is 11.3. The third-order valence-electron chi connectivity index (χ3n) is 5.03. The second-order valence-electron chi connectivity index (χ2n) is 7.17. The molecule has 0 aliphatic carbocycles. The minimum atomic E-state index is -0.554. The highest BCUT2D eigenvalue weighted by atomic mass is 16.6. The van der Waals surface area contributed by atoms with Crippen LogP contribution in [0.2, 0.25) is 0 Å². The standard InChI is InChI=1S/C25H20N2O6/c1-2-32-19-12-10-16(11-13-19)24(29)25-23(20-8-3-4-9-22(20)33-25)26-15-21(28)17-6-5-7-18(14-17)27(30)31/h3-14,26H,2,15H2,1H3. The average Bonchev–Trinajstić information content (AvgIpc) is 3.21. The maximum absolute atomic E-state index is 13.2. The molecule has 33 heavy (non-hydrogen) atoms. The van der Waals surface area contributed by atoms with E-state index in [0.29, 0.717) is 34.6 Å². The van der Waals surface area contributed by atoms with Crippen LogP contribution in [0.15, 0.2) is 77.2 Å². The van der Waals surface area contributed by atoms with Gasteiger partial charge in [0.05, 0.1) is 23.8 Å². The fourth-order valence-corrected chi connectivity index (χ4v) is 3.44. The highest BCUT2D eigenvalue weighted by Crippen LogP contribution is 2.33. The van der Waals surface area contributed by atoms with E-state index in [1.807, 2.05) is 6.92 Å². The molecule has 166 valence electrons. The van der Waals surface area contributed by atoms with E-state index in [9.17, 15) is 19.7 Å². The fourth-order valence-electron chi connectivity index (χ4n) is 3.44. The summed E-state index contributed by atoms with van der Waals surface area (Å²) in [4.78, 5) is 36.3. The number of rotatable bonds is 9. The van der Waals surface area contributed by atoms with Gasteiger partial charge in [-0.2, -0.15) is 0 Å². The van der Waals surface area contributed by atoms with Crippen molar-refractivity contribution in [2.45, 2.75) is 6.92 Å². The first kappa shape index (κ1) is 21.8. The minimum absolute atomic E-state index is 0.0761. The number of nitrogens with zero attached hydrogens (tertiary/aromatic N) is 1. The maximum Gasteiger partial charge on any atom is 0.270 e. The van der Waals surface area contributed by atoms with E-state index in [0.717, 1.165) is 0 Å². The lowest BCUT2D eigenvalue weighted by Gasteiger charge is -2.08. The van der Waals surface area contributed by atoms with Crippen LogP contribution in [0.1, 0.15) is 33.4 Å². The quantitative estimate of drug-likeness (QED) is 0.213. The number of nitrogens with one attached hydrogen (secondary N) is 1. The number of nitro benzene ring substituents is 1. The molecule has 1 N–H and O–H groups in total. The van der Waals surface area contributed by atoms with E-state index >= 15 is 0 Å². The van der Waals surface area contributed by atoms with Gasteiger partial charge < -0.3 is 14.5 Å². The number of fused-ring (bicyclic) bond motifs is 1. The first-order valence-electron chi connectivity index (χ1n) is 10.3. The topological polar surface area (TPSA) is 112 Å². The Kier molecular flexibility index (Phi) is 6.17. The molecule has 4 aromatic rings. The Balaban J connectivity index is 1.62. The third-order valence-corrected chi connectivity index (χ3v) is 5.03. The number of carbonyl (C=O) groups excluding carboxylic acids is 2. The third kappa shape index (κ3) is 4.59. The van der Waals surface area contributed by atoms with Gasteiger partial charge in [0.2, 0.25) is 5.78 Å². The van der Waals surface area contributed by atoms with Crippen molar-refractivity contribution >= 4 is 33.9 Å². The zero-order valence-electron chi connectivity index (χ0n) is 17.7. The Labute approximate surface area is 188 Å². The normalized spacial score (nSPS) is 10.7. The van der Waals surface area contributed by atoms with Gasteiger partial charge >= 0.3 is 0 Å². The lowest BCUT2D eigenvalue weighted by atomic mass is 10.1. The van der Waals surface area contributed by atoms with Crippen LogP contribution in [0, 0.1) is 10.1 Å². The molecule has 8 nitrogen and oxygen atoms in total. The van der Waals surface area contributed by atoms with Gasteiger partial charge in [-0.25, -0.2) is 0 Å². The van der Waals surface area contributed by atoms with Crippen molar-refractivity contribution in [2.75, 3.05) is 18.5 Å². The van der Waals surface area contributed by atoms with Crippen LogP contribution in [0.5, 0.6) is 5.75 Å². The summed E-state index contributed by atoms with van der Waals surface area (Å²) in [5.41, 5.74) is 1.33. The van der Waals surface area contributed by atoms with E-state index in [1.54, 1.807) is 48.5 Å². The van der Waals surface area contributed by atoms with Crippen LogP contribution in [-0.4, -0.2) is 29.6 Å². The van der Waals surface area contributed by atoms with Crippen molar-refractivity contribution in [1.82, 2.24) is 0 Å². The number of carbonyl (C=O) groups is 2.